The number of aliphatic carboxylic acids is 1. The minimum Gasteiger partial charge on any atom is -0.480 e. The van der Waals surface area contributed by atoms with Crippen LogP contribution in [-0.2, 0) is 9.53 Å². The van der Waals surface area contributed by atoms with Crippen LogP contribution in [0.25, 0.3) is 0 Å². The van der Waals surface area contributed by atoms with Crippen molar-refractivity contribution >= 4 is 11.9 Å². The van der Waals surface area contributed by atoms with Crippen molar-refractivity contribution in [3.63, 3.8) is 0 Å². The lowest BCUT2D eigenvalue weighted by Gasteiger charge is -2.31. The number of piperidine rings is 1. The lowest BCUT2D eigenvalue weighted by Crippen LogP contribution is -2.41. The minimum atomic E-state index is -0.963. The van der Waals surface area contributed by atoms with Crippen LogP contribution in [-0.4, -0.2) is 52.7 Å². The third-order valence-electron chi connectivity index (χ3n) is 3.10. The molecule has 1 aliphatic heterocycles. The molecule has 0 aromatic carbocycles. The van der Waals surface area contributed by atoms with E-state index in [9.17, 15) is 9.59 Å². The van der Waals surface area contributed by atoms with Crippen LogP contribution in [0.15, 0.2) is 24.5 Å². The van der Waals surface area contributed by atoms with Crippen LogP contribution in [0, 0.1) is 0 Å². The van der Waals surface area contributed by atoms with Crippen LogP contribution in [0.3, 0.4) is 0 Å². The van der Waals surface area contributed by atoms with E-state index in [4.69, 9.17) is 9.84 Å². The Kier molecular flexibility index (Phi) is 4.46. The van der Waals surface area contributed by atoms with Crippen molar-refractivity contribution in [2.24, 2.45) is 0 Å². The van der Waals surface area contributed by atoms with E-state index in [0.29, 0.717) is 31.5 Å². The van der Waals surface area contributed by atoms with Crippen molar-refractivity contribution in [1.82, 2.24) is 9.88 Å². The Morgan fingerprint density at radius 2 is 1.95 bits per heavy atom. The SMILES string of the molecule is O=C(O)COC1CCN(C(=O)c2ccncc2)CC1. The summed E-state index contributed by atoms with van der Waals surface area (Å²) >= 11 is 0. The number of nitrogens with zero attached hydrogens (tertiary/aromatic N) is 2. The van der Waals surface area contributed by atoms with Gasteiger partial charge in [-0.1, -0.05) is 0 Å². The van der Waals surface area contributed by atoms with Gasteiger partial charge in [-0.3, -0.25) is 9.78 Å². The summed E-state index contributed by atoms with van der Waals surface area (Å²) in [7, 11) is 0. The number of pyridine rings is 1. The summed E-state index contributed by atoms with van der Waals surface area (Å²) in [5.41, 5.74) is 0.625. The molecule has 1 fully saturated rings. The van der Waals surface area contributed by atoms with Gasteiger partial charge in [-0.05, 0) is 25.0 Å². The number of hydrogen-bond acceptors (Lipinski definition) is 4. The van der Waals surface area contributed by atoms with E-state index in [1.807, 2.05) is 0 Å². The molecule has 1 aromatic rings. The number of carboxylic acids is 1. The predicted molar refractivity (Wildman–Crippen MR) is 66.8 cm³/mol. The van der Waals surface area contributed by atoms with Crippen LogP contribution in [0.1, 0.15) is 23.2 Å². The average Bonchev–Trinajstić information content (AvgIpc) is 2.46. The number of amides is 1. The first-order valence-corrected chi connectivity index (χ1v) is 6.19. The van der Waals surface area contributed by atoms with Crippen LogP contribution in [0.5, 0.6) is 0 Å². The van der Waals surface area contributed by atoms with E-state index in [2.05, 4.69) is 4.98 Å². The predicted octanol–water partition coefficient (Wildman–Crippen LogP) is 0.787. The molecule has 0 radical (unpaired) electrons. The second-order valence-electron chi connectivity index (χ2n) is 4.43. The van der Waals surface area contributed by atoms with Crippen molar-refractivity contribution in [3.8, 4) is 0 Å². The minimum absolute atomic E-state index is 0.0147. The zero-order valence-electron chi connectivity index (χ0n) is 10.5. The van der Waals surface area contributed by atoms with Crippen molar-refractivity contribution < 1.29 is 19.4 Å². The Bertz CT molecular complexity index is 441. The number of rotatable bonds is 4. The van der Waals surface area contributed by atoms with Crippen LogP contribution in [0.4, 0.5) is 0 Å². The van der Waals surface area contributed by atoms with E-state index in [1.54, 1.807) is 29.4 Å². The van der Waals surface area contributed by atoms with Crippen molar-refractivity contribution in [2.75, 3.05) is 19.7 Å². The lowest BCUT2D eigenvalue weighted by molar-refractivity contribution is -0.145. The molecule has 1 saturated heterocycles. The Morgan fingerprint density at radius 1 is 1.32 bits per heavy atom. The maximum atomic E-state index is 12.1. The second-order valence-corrected chi connectivity index (χ2v) is 4.43. The normalized spacial score (nSPS) is 16.3. The molecule has 0 saturated carbocycles. The standard InChI is InChI=1S/C13H16N2O4/c16-12(17)9-19-11-3-7-15(8-4-11)13(18)10-1-5-14-6-2-10/h1-2,5-6,11H,3-4,7-9H2,(H,16,17). The van der Waals surface area contributed by atoms with Gasteiger partial charge in [0, 0.05) is 31.0 Å². The first-order valence-electron chi connectivity index (χ1n) is 6.19. The van der Waals surface area contributed by atoms with E-state index < -0.39 is 5.97 Å². The number of likely N-dealkylation sites (tertiary alicyclic amines) is 1. The lowest BCUT2D eigenvalue weighted by atomic mass is 10.1. The average molecular weight is 264 g/mol. The molecule has 0 aliphatic carbocycles. The zero-order chi connectivity index (χ0) is 13.7. The second kappa shape index (κ2) is 6.29. The van der Waals surface area contributed by atoms with Gasteiger partial charge in [-0.2, -0.15) is 0 Å². The molecule has 0 atom stereocenters. The summed E-state index contributed by atoms with van der Waals surface area (Å²) in [5, 5.41) is 8.54. The number of ether oxygens (including phenoxy) is 1. The third-order valence-corrected chi connectivity index (χ3v) is 3.10. The van der Waals surface area contributed by atoms with Gasteiger partial charge in [0.25, 0.3) is 5.91 Å². The summed E-state index contributed by atoms with van der Waals surface area (Å²) in [4.78, 5) is 28.2. The topological polar surface area (TPSA) is 79.7 Å². The Morgan fingerprint density at radius 3 is 2.53 bits per heavy atom. The van der Waals surface area contributed by atoms with Crippen LogP contribution in [0.2, 0.25) is 0 Å². The molecule has 1 aliphatic rings. The van der Waals surface area contributed by atoms with Gasteiger partial charge in [0.1, 0.15) is 6.61 Å². The maximum absolute atomic E-state index is 12.1. The molecular weight excluding hydrogens is 248 g/mol. The summed E-state index contributed by atoms with van der Waals surface area (Å²) < 4.78 is 5.23. The van der Waals surface area contributed by atoms with Crippen molar-refractivity contribution in [2.45, 2.75) is 18.9 Å². The summed E-state index contributed by atoms with van der Waals surface area (Å²) in [5.74, 6) is -0.977. The van der Waals surface area contributed by atoms with Gasteiger partial charge in [0.05, 0.1) is 6.10 Å². The maximum Gasteiger partial charge on any atom is 0.329 e. The van der Waals surface area contributed by atoms with Gasteiger partial charge in [0.15, 0.2) is 0 Å². The molecule has 0 unspecified atom stereocenters. The fourth-order valence-corrected chi connectivity index (χ4v) is 2.09. The number of hydrogen-bond donors (Lipinski definition) is 1. The van der Waals surface area contributed by atoms with E-state index >= 15 is 0 Å². The fourth-order valence-electron chi connectivity index (χ4n) is 2.09. The first kappa shape index (κ1) is 13.5. The van der Waals surface area contributed by atoms with E-state index in [-0.39, 0.29) is 18.6 Å². The number of carbonyl (C=O) groups is 2. The Balaban J connectivity index is 1.83. The van der Waals surface area contributed by atoms with E-state index in [0.717, 1.165) is 0 Å². The summed E-state index contributed by atoms with van der Waals surface area (Å²) in [6.07, 6.45) is 4.46. The largest absolute Gasteiger partial charge is 0.480 e. The first-order chi connectivity index (χ1) is 9.16. The molecule has 1 aromatic heterocycles. The molecular formula is C13H16N2O4. The van der Waals surface area contributed by atoms with Gasteiger partial charge in [-0.15, -0.1) is 0 Å². The van der Waals surface area contributed by atoms with Gasteiger partial charge >= 0.3 is 5.97 Å². The molecule has 1 N–H and O–H groups in total. The molecule has 6 heteroatoms. The smallest absolute Gasteiger partial charge is 0.329 e. The molecule has 0 spiro atoms. The highest BCUT2D eigenvalue weighted by molar-refractivity contribution is 5.94. The molecule has 102 valence electrons. The van der Waals surface area contributed by atoms with Crippen molar-refractivity contribution in [3.05, 3.63) is 30.1 Å². The van der Waals surface area contributed by atoms with Gasteiger partial charge in [0.2, 0.25) is 0 Å². The van der Waals surface area contributed by atoms with Crippen LogP contribution >= 0.6 is 0 Å². The molecule has 19 heavy (non-hydrogen) atoms. The molecule has 6 nitrogen and oxygen atoms in total. The third kappa shape index (κ3) is 3.75. The van der Waals surface area contributed by atoms with E-state index in [1.165, 1.54) is 0 Å². The monoisotopic (exact) mass is 264 g/mol. The summed E-state index contributed by atoms with van der Waals surface area (Å²) in [6, 6.07) is 3.38. The molecule has 0 bridgehead atoms. The zero-order valence-corrected chi connectivity index (χ0v) is 10.5. The highest BCUT2D eigenvalue weighted by atomic mass is 16.5. The highest BCUT2D eigenvalue weighted by Gasteiger charge is 2.24. The Labute approximate surface area is 111 Å². The highest BCUT2D eigenvalue weighted by Crippen LogP contribution is 2.16. The Hall–Kier alpha value is -1.95. The van der Waals surface area contributed by atoms with Gasteiger partial charge < -0.3 is 14.7 Å². The summed E-state index contributed by atoms with van der Waals surface area (Å²) in [6.45, 7) is 0.903. The molecule has 1 amide bonds. The molecule has 2 heterocycles. The molecule has 2 rings (SSSR count). The van der Waals surface area contributed by atoms with Crippen LogP contribution < -0.4 is 0 Å². The number of aromatic nitrogens is 1. The van der Waals surface area contributed by atoms with Crippen molar-refractivity contribution in [1.29, 1.82) is 0 Å². The number of carbonyl (C=O) groups excluding carboxylic acids is 1. The quantitative estimate of drug-likeness (QED) is 0.869. The fraction of sp³-hybridized carbons (Fsp3) is 0.462. The number of carboxylic acid groups (broad SMARTS) is 1. The van der Waals surface area contributed by atoms with Gasteiger partial charge in [-0.25, -0.2) is 4.79 Å².